The minimum atomic E-state index is -0.0571. The summed E-state index contributed by atoms with van der Waals surface area (Å²) in [7, 11) is 0. The second kappa shape index (κ2) is 14.8. The molecule has 2 nitrogen and oxygen atoms in total. The van der Waals surface area contributed by atoms with Gasteiger partial charge in [-0.1, -0.05) is 186 Å². The van der Waals surface area contributed by atoms with E-state index in [1.54, 1.807) is 0 Å². The molecule has 1 aliphatic carbocycles. The molecule has 0 N–H and O–H groups in total. The molecule has 1 saturated carbocycles. The van der Waals surface area contributed by atoms with Crippen LogP contribution >= 0.6 is 0 Å². The fraction of sp³-hybridized carbons (Fsp3) is 0.179. The van der Waals surface area contributed by atoms with Crippen LogP contribution < -0.4 is 4.90 Å². The van der Waals surface area contributed by atoms with Crippen LogP contribution in [0.15, 0.2) is 180 Å². The van der Waals surface area contributed by atoms with Gasteiger partial charge in [-0.25, -0.2) is 0 Å². The molecule has 284 valence electrons. The fourth-order valence-corrected chi connectivity index (χ4v) is 9.48. The molecule has 0 amide bonds. The highest BCUT2D eigenvalue weighted by Gasteiger charge is 2.26. The van der Waals surface area contributed by atoms with E-state index in [0.717, 1.165) is 50.1 Å². The van der Waals surface area contributed by atoms with Gasteiger partial charge in [0.25, 0.3) is 0 Å². The third kappa shape index (κ3) is 6.47. The zero-order valence-corrected chi connectivity index (χ0v) is 33.7. The summed E-state index contributed by atoms with van der Waals surface area (Å²) in [6, 6.07) is 64.8. The lowest BCUT2D eigenvalue weighted by molar-refractivity contribution is 0.445. The van der Waals surface area contributed by atoms with Gasteiger partial charge >= 0.3 is 0 Å². The van der Waals surface area contributed by atoms with Crippen molar-refractivity contribution in [3.8, 4) is 33.4 Å². The van der Waals surface area contributed by atoms with Crippen molar-refractivity contribution in [2.45, 2.75) is 64.2 Å². The van der Waals surface area contributed by atoms with Gasteiger partial charge < -0.3 is 9.32 Å². The maximum atomic E-state index is 6.60. The van der Waals surface area contributed by atoms with E-state index >= 15 is 0 Å². The van der Waals surface area contributed by atoms with Gasteiger partial charge in [-0.15, -0.1) is 0 Å². The quantitative estimate of drug-likeness (QED) is 0.161. The number of hydrogen-bond donors (Lipinski definition) is 0. The number of nitrogens with zero attached hydrogens (tertiary/aromatic N) is 1. The van der Waals surface area contributed by atoms with E-state index in [-0.39, 0.29) is 5.41 Å². The molecule has 58 heavy (non-hydrogen) atoms. The summed E-state index contributed by atoms with van der Waals surface area (Å²) in [6.07, 6.45) is 6.46. The van der Waals surface area contributed by atoms with E-state index in [0.29, 0.717) is 5.92 Å². The molecule has 1 heterocycles. The van der Waals surface area contributed by atoms with Gasteiger partial charge in [-0.3, -0.25) is 0 Å². The molecule has 2 heteroatoms. The Bertz CT molecular complexity index is 2920. The number of rotatable bonds is 7. The third-order valence-electron chi connectivity index (χ3n) is 12.4. The Hall–Kier alpha value is -6.38. The predicted octanol–water partition coefficient (Wildman–Crippen LogP) is 16.6. The summed E-state index contributed by atoms with van der Waals surface area (Å²) < 4.78 is 6.60. The number of anilines is 3. The van der Waals surface area contributed by atoms with Crippen LogP contribution in [0.3, 0.4) is 0 Å². The highest BCUT2D eigenvalue weighted by atomic mass is 16.3. The van der Waals surface area contributed by atoms with Crippen molar-refractivity contribution in [1.82, 2.24) is 0 Å². The van der Waals surface area contributed by atoms with E-state index in [2.05, 4.69) is 196 Å². The summed E-state index contributed by atoms with van der Waals surface area (Å²) >= 11 is 0. The normalized spacial score (nSPS) is 13.7. The van der Waals surface area contributed by atoms with Crippen LogP contribution in [0.25, 0.3) is 66.1 Å². The van der Waals surface area contributed by atoms with E-state index in [1.165, 1.54) is 76.3 Å². The van der Waals surface area contributed by atoms with Gasteiger partial charge in [0.05, 0.1) is 11.4 Å². The molecule has 10 rings (SSSR count). The van der Waals surface area contributed by atoms with Crippen LogP contribution in [0, 0.1) is 0 Å². The monoisotopic (exact) mass is 751 g/mol. The van der Waals surface area contributed by atoms with Crippen LogP contribution in [0.1, 0.15) is 69.9 Å². The van der Waals surface area contributed by atoms with Crippen molar-refractivity contribution >= 4 is 49.8 Å². The first kappa shape index (κ1) is 36.0. The Morgan fingerprint density at radius 1 is 0.500 bits per heavy atom. The average Bonchev–Trinajstić information content (AvgIpc) is 3.66. The molecule has 0 aliphatic heterocycles. The lowest BCUT2D eigenvalue weighted by Crippen LogP contribution is -2.16. The summed E-state index contributed by atoms with van der Waals surface area (Å²) in [5, 5.41) is 4.97. The van der Waals surface area contributed by atoms with Gasteiger partial charge in [0.1, 0.15) is 11.2 Å². The minimum absolute atomic E-state index is 0.0571. The van der Waals surface area contributed by atoms with E-state index in [4.69, 9.17) is 4.42 Å². The molecule has 0 saturated heterocycles. The Labute approximate surface area is 342 Å². The van der Waals surface area contributed by atoms with Crippen LogP contribution in [0.2, 0.25) is 0 Å². The maximum Gasteiger partial charge on any atom is 0.143 e. The molecule has 0 bridgehead atoms. The fourth-order valence-electron chi connectivity index (χ4n) is 9.48. The molecule has 0 unspecified atom stereocenters. The summed E-state index contributed by atoms with van der Waals surface area (Å²) in [6.45, 7) is 6.93. The number of furan rings is 1. The number of fused-ring (bicyclic) bond motifs is 4. The molecular weight excluding hydrogens is 703 g/mol. The number of para-hydroxylation sites is 3. The predicted molar refractivity (Wildman–Crippen MR) is 247 cm³/mol. The smallest absolute Gasteiger partial charge is 0.143 e. The summed E-state index contributed by atoms with van der Waals surface area (Å²) in [5.41, 5.74) is 15.0. The minimum Gasteiger partial charge on any atom is -0.455 e. The van der Waals surface area contributed by atoms with Crippen molar-refractivity contribution in [2.24, 2.45) is 0 Å². The molecular formula is C56H49NO. The zero-order chi connectivity index (χ0) is 39.2. The first-order chi connectivity index (χ1) is 28.4. The molecule has 8 aromatic carbocycles. The molecule has 0 radical (unpaired) electrons. The largest absolute Gasteiger partial charge is 0.455 e. The van der Waals surface area contributed by atoms with Crippen LogP contribution in [-0.4, -0.2) is 0 Å². The lowest BCUT2D eigenvalue weighted by Gasteiger charge is -2.32. The molecule has 0 spiro atoms. The Morgan fingerprint density at radius 3 is 2.02 bits per heavy atom. The third-order valence-corrected chi connectivity index (χ3v) is 12.4. The van der Waals surface area contributed by atoms with Crippen molar-refractivity contribution < 1.29 is 4.42 Å². The Kier molecular flexibility index (Phi) is 9.21. The highest BCUT2D eigenvalue weighted by Crippen LogP contribution is 2.49. The topological polar surface area (TPSA) is 16.4 Å². The average molecular weight is 752 g/mol. The highest BCUT2D eigenvalue weighted by molar-refractivity contribution is 6.10. The van der Waals surface area contributed by atoms with Crippen molar-refractivity contribution in [2.75, 3.05) is 4.90 Å². The van der Waals surface area contributed by atoms with Crippen molar-refractivity contribution in [3.63, 3.8) is 0 Å². The molecule has 1 aliphatic rings. The van der Waals surface area contributed by atoms with E-state index in [1.807, 2.05) is 6.07 Å². The van der Waals surface area contributed by atoms with Crippen LogP contribution in [-0.2, 0) is 5.41 Å². The van der Waals surface area contributed by atoms with Gasteiger partial charge in [0, 0.05) is 33.2 Å². The number of benzene rings is 8. The first-order valence-electron chi connectivity index (χ1n) is 21.0. The van der Waals surface area contributed by atoms with Gasteiger partial charge in [-0.05, 0) is 93.1 Å². The first-order valence-corrected chi connectivity index (χ1v) is 21.0. The summed E-state index contributed by atoms with van der Waals surface area (Å²) in [4.78, 5) is 2.53. The Balaban J connectivity index is 1.25. The van der Waals surface area contributed by atoms with Crippen molar-refractivity contribution in [1.29, 1.82) is 0 Å². The SMILES string of the molecule is CC(C)(C)c1ccc(-c2ccccc2)c(N(c2cccc(-c3cccc4c3oc3ccccc34)c2)c2ccccc2-c2cccc3cccc(C4CCCCC4)c23)c1. The van der Waals surface area contributed by atoms with Gasteiger partial charge in [-0.2, -0.15) is 0 Å². The number of hydrogen-bond acceptors (Lipinski definition) is 2. The van der Waals surface area contributed by atoms with Gasteiger partial charge in [0.2, 0.25) is 0 Å². The second-order valence-corrected chi connectivity index (χ2v) is 17.1. The Morgan fingerprint density at radius 2 is 1.17 bits per heavy atom. The van der Waals surface area contributed by atoms with Crippen molar-refractivity contribution in [3.05, 3.63) is 187 Å². The standard InChI is InChI=1S/C56H49NO/c1-56(2,3)42-34-35-44(38-18-6-4-7-19-38)52(37-42)57(43-25-14-24-41(36-43)46-29-17-31-50-48-27-11-13-33-53(48)58-55(46)50)51-32-12-10-26-47(51)49-30-16-23-40-22-15-28-45(54(40)49)39-20-8-5-9-21-39/h4,6-7,10-19,22-37,39H,5,8-9,20-21H2,1-3H3. The van der Waals surface area contributed by atoms with Gasteiger partial charge in [0.15, 0.2) is 0 Å². The molecule has 0 atom stereocenters. The maximum absolute atomic E-state index is 6.60. The lowest BCUT2D eigenvalue weighted by atomic mass is 9.80. The van der Waals surface area contributed by atoms with Crippen LogP contribution in [0.5, 0.6) is 0 Å². The molecule has 1 fully saturated rings. The molecule has 1 aromatic heterocycles. The zero-order valence-electron chi connectivity index (χ0n) is 33.7. The summed E-state index contributed by atoms with van der Waals surface area (Å²) in [5.74, 6) is 0.577. The van der Waals surface area contributed by atoms with Crippen LogP contribution in [0.4, 0.5) is 17.1 Å². The van der Waals surface area contributed by atoms with E-state index in [9.17, 15) is 0 Å². The molecule has 9 aromatic rings. The second-order valence-electron chi connectivity index (χ2n) is 17.1. The van der Waals surface area contributed by atoms with E-state index < -0.39 is 0 Å².